The molecule has 0 aromatic carbocycles. The zero-order valence-corrected chi connectivity index (χ0v) is 13.2. The number of halogens is 4. The Hall–Kier alpha value is 2.42. The zero-order valence-electron chi connectivity index (χ0n) is 5.75. The molecule has 0 aromatic heterocycles. The lowest BCUT2D eigenvalue weighted by molar-refractivity contribution is 1.15. The van der Waals surface area contributed by atoms with Crippen LogP contribution in [-0.4, -0.2) is 19.5 Å². The minimum atomic E-state index is 1.11. The smallest absolute Gasteiger partial charge is 0.00392 e. The Morgan fingerprint density at radius 2 is 1.20 bits per heavy atom. The van der Waals surface area contributed by atoms with Crippen LogP contribution in [0, 0.1) is 0 Å². The summed E-state index contributed by atoms with van der Waals surface area (Å²) in [6.07, 6.45) is 2.58. The van der Waals surface area contributed by atoms with Gasteiger partial charge in [0.05, 0.1) is 0 Å². The molecule has 0 aromatic rings. The fraction of sp³-hybridized carbons (Fsp3) is 1.00. The van der Waals surface area contributed by atoms with E-state index in [9.17, 15) is 0 Å². The van der Waals surface area contributed by atoms with Gasteiger partial charge in [-0.2, -0.15) is 0 Å². The molecule has 0 rings (SSSR count). The summed E-state index contributed by atoms with van der Waals surface area (Å²) >= 11 is 11.3. The van der Waals surface area contributed by atoms with E-state index in [2.05, 4.69) is 77.0 Å². The first-order chi connectivity index (χ1) is 4.83. The van der Waals surface area contributed by atoms with E-state index >= 15 is 0 Å². The zero-order chi connectivity index (χ0) is 8.24. The minimum absolute atomic E-state index is 1.11. The maximum atomic E-state index is 3.28. The fourth-order valence-corrected chi connectivity index (χ4v) is 3.64. The van der Waals surface area contributed by atoms with Crippen molar-refractivity contribution in [1.82, 2.24) is 0 Å². The van der Waals surface area contributed by atoms with E-state index in [0.717, 1.165) is 10.7 Å². The third-order valence-corrected chi connectivity index (χ3v) is 3.18. The van der Waals surface area contributed by atoms with Crippen LogP contribution in [0.5, 0.6) is 0 Å². The van der Waals surface area contributed by atoms with E-state index in [1.54, 1.807) is 0 Å². The summed E-state index contributed by atoms with van der Waals surface area (Å²) in [5.74, 6) is 0. The monoisotopic (exact) mass is 496 g/mol. The van der Waals surface area contributed by atoms with Crippen LogP contribution in [-0.2, 0) is 0 Å². The van der Waals surface area contributed by atoms with Gasteiger partial charge < -0.3 is 0 Å². The van der Waals surface area contributed by atoms with Crippen molar-refractivity contribution in [3.63, 3.8) is 0 Å². The van der Waals surface area contributed by atoms with Crippen molar-refractivity contribution >= 4 is 77.0 Å². The molecule has 0 unspecified atom stereocenters. The summed E-state index contributed by atoms with van der Waals surface area (Å²) in [6, 6.07) is 0. The molecule has 0 fully saturated rings. The normalized spacial score (nSPS) is 8.40. The van der Waals surface area contributed by atoms with Gasteiger partial charge in [0.25, 0.3) is 0 Å². The van der Waals surface area contributed by atoms with Crippen LogP contribution in [0.4, 0.5) is 0 Å². The van der Waals surface area contributed by atoms with Crippen molar-refractivity contribution in [2.24, 2.45) is 0 Å². The molecule has 0 bridgehead atoms. The molecule has 0 aliphatic heterocycles. The van der Waals surface area contributed by atoms with Gasteiger partial charge in [0.1, 0.15) is 0 Å². The molecular formula is C6H12Br2I2. The van der Waals surface area contributed by atoms with Crippen LogP contribution in [0.1, 0.15) is 12.8 Å². The van der Waals surface area contributed by atoms with Gasteiger partial charge in [0, 0.05) is 19.5 Å². The highest BCUT2D eigenvalue weighted by atomic mass is 127. The first kappa shape index (κ1) is 14.9. The van der Waals surface area contributed by atoms with Crippen LogP contribution in [0.25, 0.3) is 0 Å². The Kier molecular flexibility index (Phi) is 26.1. The van der Waals surface area contributed by atoms with Gasteiger partial charge >= 0.3 is 0 Å². The average Bonchev–Trinajstić information content (AvgIpc) is 1.93. The van der Waals surface area contributed by atoms with E-state index in [1.165, 1.54) is 21.7 Å². The third kappa shape index (κ3) is 22.4. The molecule has 64 valence electrons. The van der Waals surface area contributed by atoms with Crippen molar-refractivity contribution in [1.29, 1.82) is 0 Å². The van der Waals surface area contributed by atoms with Gasteiger partial charge in [-0.05, 0) is 12.8 Å². The van der Waals surface area contributed by atoms with E-state index in [1.807, 2.05) is 0 Å². The first-order valence-electron chi connectivity index (χ1n) is 3.07. The van der Waals surface area contributed by atoms with Crippen LogP contribution in [0.15, 0.2) is 0 Å². The van der Waals surface area contributed by atoms with Crippen molar-refractivity contribution in [2.75, 3.05) is 19.5 Å². The van der Waals surface area contributed by atoms with Gasteiger partial charge in [-0.25, -0.2) is 0 Å². The third-order valence-electron chi connectivity index (χ3n) is 0.535. The standard InChI is InChI=1S/C3H6Br2.C3H6I2/c2*4-2-1-3-5/h2*1-3H2. The maximum Gasteiger partial charge on any atom is 0.00392 e. The van der Waals surface area contributed by atoms with Crippen LogP contribution in [0.2, 0.25) is 0 Å². The van der Waals surface area contributed by atoms with E-state index in [-0.39, 0.29) is 0 Å². The highest BCUT2D eigenvalue weighted by molar-refractivity contribution is 14.1. The Morgan fingerprint density at radius 1 is 0.800 bits per heavy atom. The Balaban J connectivity index is 0. The van der Waals surface area contributed by atoms with E-state index < -0.39 is 0 Å². The topological polar surface area (TPSA) is 0 Å². The Bertz CT molecular complexity index is 34.7. The van der Waals surface area contributed by atoms with E-state index in [4.69, 9.17) is 0 Å². The molecule has 0 heterocycles. The van der Waals surface area contributed by atoms with Gasteiger partial charge in [-0.15, -0.1) is 0 Å². The molecule has 0 spiro atoms. The first-order valence-corrected chi connectivity index (χ1v) is 8.36. The predicted molar refractivity (Wildman–Crippen MR) is 74.6 cm³/mol. The fourth-order valence-electron chi connectivity index (χ4n) is 0.101. The van der Waals surface area contributed by atoms with Gasteiger partial charge in [0.15, 0.2) is 0 Å². The Labute approximate surface area is 108 Å². The van der Waals surface area contributed by atoms with Crippen LogP contribution < -0.4 is 0 Å². The maximum absolute atomic E-state index is 3.28. The number of hydrogen-bond acceptors (Lipinski definition) is 0. The summed E-state index contributed by atoms with van der Waals surface area (Å²) in [5.41, 5.74) is 0. The second kappa shape index (κ2) is 17.5. The number of hydrogen-bond donors (Lipinski definition) is 0. The quantitative estimate of drug-likeness (QED) is 0.399. The predicted octanol–water partition coefficient (Wildman–Crippen LogP) is 4.41. The lowest BCUT2D eigenvalue weighted by Crippen LogP contribution is -1.69. The number of alkyl halides is 4. The molecule has 0 amide bonds. The summed E-state index contributed by atoms with van der Waals surface area (Å²) in [5, 5.41) is 2.22. The average molecular weight is 498 g/mol. The summed E-state index contributed by atoms with van der Waals surface area (Å²) in [6.45, 7) is 0. The van der Waals surface area contributed by atoms with Gasteiger partial charge in [-0.1, -0.05) is 77.0 Å². The molecule has 0 radical (unpaired) electrons. The van der Waals surface area contributed by atoms with Crippen LogP contribution in [0.3, 0.4) is 0 Å². The molecule has 0 aliphatic rings. The molecular weight excluding hydrogens is 486 g/mol. The van der Waals surface area contributed by atoms with Crippen molar-refractivity contribution < 1.29 is 0 Å². The van der Waals surface area contributed by atoms with Gasteiger partial charge in [0.2, 0.25) is 0 Å². The Morgan fingerprint density at radius 3 is 1.20 bits per heavy atom. The van der Waals surface area contributed by atoms with E-state index in [0.29, 0.717) is 0 Å². The molecule has 0 nitrogen and oxygen atoms in total. The highest BCUT2D eigenvalue weighted by Gasteiger charge is 1.71. The van der Waals surface area contributed by atoms with Gasteiger partial charge in [-0.3, -0.25) is 0 Å². The molecule has 0 aliphatic carbocycles. The molecule has 0 saturated heterocycles. The molecule has 0 atom stereocenters. The number of rotatable bonds is 4. The SMILES string of the molecule is BrCCCBr.ICCCI. The highest BCUT2D eigenvalue weighted by Crippen LogP contribution is 1.91. The minimum Gasteiger partial charge on any atom is -0.0928 e. The van der Waals surface area contributed by atoms with Crippen LogP contribution >= 0.6 is 77.0 Å². The second-order valence-corrected chi connectivity index (χ2v) is 5.21. The lowest BCUT2D eigenvalue weighted by Gasteiger charge is -1.76. The lowest BCUT2D eigenvalue weighted by atomic mass is 10.6. The van der Waals surface area contributed by atoms with Crippen molar-refractivity contribution in [3.05, 3.63) is 0 Å². The molecule has 0 N–H and O–H groups in total. The van der Waals surface area contributed by atoms with Crippen molar-refractivity contribution in [2.45, 2.75) is 12.8 Å². The molecule has 10 heavy (non-hydrogen) atoms. The molecule has 0 saturated carbocycles. The summed E-state index contributed by atoms with van der Waals surface area (Å²) < 4.78 is 2.61. The summed E-state index contributed by atoms with van der Waals surface area (Å²) in [4.78, 5) is 0. The second-order valence-electron chi connectivity index (χ2n) is 1.46. The largest absolute Gasteiger partial charge is 0.0928 e. The van der Waals surface area contributed by atoms with Crippen molar-refractivity contribution in [3.8, 4) is 0 Å². The summed E-state index contributed by atoms with van der Waals surface area (Å²) in [7, 11) is 0. The molecule has 4 heteroatoms.